The first kappa shape index (κ1) is 13.3. The van der Waals surface area contributed by atoms with Crippen molar-refractivity contribution >= 4 is 5.97 Å². The number of nitrogens with two attached hydrogens (primary N) is 1. The zero-order valence-corrected chi connectivity index (χ0v) is 10.2. The van der Waals surface area contributed by atoms with E-state index in [4.69, 9.17) is 15.2 Å². The van der Waals surface area contributed by atoms with E-state index in [2.05, 4.69) is 4.74 Å². The van der Waals surface area contributed by atoms with Crippen LogP contribution in [0.25, 0.3) is 0 Å². The smallest absolute Gasteiger partial charge is 0.326 e. The van der Waals surface area contributed by atoms with Crippen molar-refractivity contribution in [2.75, 3.05) is 20.8 Å². The highest BCUT2D eigenvalue weighted by atomic mass is 16.5. The van der Waals surface area contributed by atoms with Gasteiger partial charge in [-0.2, -0.15) is 0 Å². The molecule has 1 aromatic carbocycles. The lowest BCUT2D eigenvalue weighted by molar-refractivity contribution is -0.142. The third-order valence-corrected chi connectivity index (χ3v) is 2.24. The molecule has 0 aliphatic carbocycles. The molecule has 0 fully saturated rings. The summed E-state index contributed by atoms with van der Waals surface area (Å²) in [6.45, 7) is 2.00. The van der Waals surface area contributed by atoms with Crippen molar-refractivity contribution in [2.24, 2.45) is 5.73 Å². The minimum absolute atomic E-state index is 0.0477. The molecule has 0 radical (unpaired) electrons. The van der Waals surface area contributed by atoms with Crippen LogP contribution in [-0.2, 0) is 9.53 Å². The van der Waals surface area contributed by atoms with Crippen molar-refractivity contribution in [1.82, 2.24) is 0 Å². The van der Waals surface area contributed by atoms with Crippen molar-refractivity contribution < 1.29 is 19.0 Å². The number of ether oxygens (including phenoxy) is 3. The van der Waals surface area contributed by atoms with Crippen LogP contribution in [-0.4, -0.2) is 32.8 Å². The maximum Gasteiger partial charge on any atom is 0.326 e. The molecule has 5 nitrogen and oxygen atoms in total. The molecule has 17 heavy (non-hydrogen) atoms. The van der Waals surface area contributed by atoms with Gasteiger partial charge in [-0.05, 0) is 24.6 Å². The lowest BCUT2D eigenvalue weighted by Gasteiger charge is -2.14. The Morgan fingerprint density at radius 1 is 1.35 bits per heavy atom. The van der Waals surface area contributed by atoms with Gasteiger partial charge in [-0.15, -0.1) is 0 Å². The maximum atomic E-state index is 11.1. The molecule has 0 aliphatic rings. The number of benzene rings is 1. The first-order chi connectivity index (χ1) is 8.08. The molecule has 0 amide bonds. The molecule has 1 unspecified atom stereocenters. The Hall–Kier alpha value is -1.75. The number of carbonyl (C=O) groups is 1. The van der Waals surface area contributed by atoms with E-state index in [9.17, 15) is 4.79 Å². The zero-order chi connectivity index (χ0) is 12.8. The minimum Gasteiger partial charge on any atom is -0.493 e. The average molecular weight is 239 g/mol. The summed E-state index contributed by atoms with van der Waals surface area (Å²) in [5.41, 5.74) is 6.62. The second kappa shape index (κ2) is 6.10. The highest BCUT2D eigenvalue weighted by Gasteiger charge is 2.15. The monoisotopic (exact) mass is 239 g/mol. The van der Waals surface area contributed by atoms with E-state index in [1.807, 2.05) is 19.1 Å². The molecule has 1 rings (SSSR count). The fourth-order valence-corrected chi connectivity index (χ4v) is 1.29. The maximum absolute atomic E-state index is 11.1. The summed E-state index contributed by atoms with van der Waals surface area (Å²) in [6.07, 6.45) is 0. The quantitative estimate of drug-likeness (QED) is 0.772. The van der Waals surface area contributed by atoms with Crippen LogP contribution in [0.15, 0.2) is 18.2 Å². The van der Waals surface area contributed by atoms with E-state index in [0.29, 0.717) is 11.5 Å². The summed E-state index contributed by atoms with van der Waals surface area (Å²) in [6, 6.07) is 4.71. The minimum atomic E-state index is -0.800. The van der Waals surface area contributed by atoms with Crippen molar-refractivity contribution in [1.29, 1.82) is 0 Å². The summed E-state index contributed by atoms with van der Waals surface area (Å²) in [4.78, 5) is 11.1. The summed E-state index contributed by atoms with van der Waals surface area (Å²) >= 11 is 0. The normalized spacial score (nSPS) is 11.8. The Labute approximate surface area is 100 Å². The number of esters is 1. The summed E-state index contributed by atoms with van der Waals surface area (Å²) in [5, 5.41) is 0. The third-order valence-electron chi connectivity index (χ3n) is 2.24. The number of methoxy groups -OCH3 is 2. The van der Waals surface area contributed by atoms with Crippen LogP contribution in [0.4, 0.5) is 0 Å². The van der Waals surface area contributed by atoms with Crippen molar-refractivity contribution in [2.45, 2.75) is 13.0 Å². The number of rotatable bonds is 5. The van der Waals surface area contributed by atoms with Crippen LogP contribution in [0.3, 0.4) is 0 Å². The van der Waals surface area contributed by atoms with Gasteiger partial charge in [0.15, 0.2) is 11.5 Å². The Kier molecular flexibility index (Phi) is 4.78. The molecule has 2 N–H and O–H groups in total. The molecule has 94 valence electrons. The van der Waals surface area contributed by atoms with Crippen LogP contribution in [0, 0.1) is 6.92 Å². The molecule has 1 atom stereocenters. The highest BCUT2D eigenvalue weighted by molar-refractivity contribution is 5.75. The van der Waals surface area contributed by atoms with Gasteiger partial charge in [0.2, 0.25) is 0 Å². The zero-order valence-electron chi connectivity index (χ0n) is 10.2. The fraction of sp³-hybridized carbons (Fsp3) is 0.417. The number of carbonyl (C=O) groups excluding carboxylic acids is 1. The Morgan fingerprint density at radius 3 is 2.65 bits per heavy atom. The van der Waals surface area contributed by atoms with Gasteiger partial charge in [-0.3, -0.25) is 4.79 Å². The van der Waals surface area contributed by atoms with Crippen molar-refractivity contribution in [3.05, 3.63) is 23.8 Å². The molecule has 0 saturated carbocycles. The van der Waals surface area contributed by atoms with E-state index >= 15 is 0 Å². The van der Waals surface area contributed by atoms with Crippen LogP contribution in [0.1, 0.15) is 5.56 Å². The fourth-order valence-electron chi connectivity index (χ4n) is 1.29. The topological polar surface area (TPSA) is 70.8 Å². The molecule has 0 spiro atoms. The third kappa shape index (κ3) is 3.64. The van der Waals surface area contributed by atoms with E-state index in [1.165, 1.54) is 7.11 Å². The molecule has 0 heterocycles. The van der Waals surface area contributed by atoms with Gasteiger partial charge in [0, 0.05) is 0 Å². The van der Waals surface area contributed by atoms with E-state index < -0.39 is 12.0 Å². The first-order valence-electron chi connectivity index (χ1n) is 5.19. The molecule has 0 aliphatic heterocycles. The van der Waals surface area contributed by atoms with Gasteiger partial charge >= 0.3 is 5.97 Å². The van der Waals surface area contributed by atoms with E-state index in [1.54, 1.807) is 13.2 Å². The average Bonchev–Trinajstić information content (AvgIpc) is 2.35. The highest BCUT2D eigenvalue weighted by Crippen LogP contribution is 2.27. The lowest BCUT2D eigenvalue weighted by Crippen LogP contribution is -2.37. The van der Waals surface area contributed by atoms with E-state index in [-0.39, 0.29) is 6.61 Å². The number of aryl methyl sites for hydroxylation is 1. The van der Waals surface area contributed by atoms with Gasteiger partial charge in [0.05, 0.1) is 14.2 Å². The second-order valence-corrected chi connectivity index (χ2v) is 3.59. The summed E-state index contributed by atoms with van der Waals surface area (Å²) < 4.78 is 15.1. The van der Waals surface area contributed by atoms with Gasteiger partial charge in [0.1, 0.15) is 12.6 Å². The molecular weight excluding hydrogens is 222 g/mol. The van der Waals surface area contributed by atoms with Gasteiger partial charge in [-0.1, -0.05) is 6.07 Å². The predicted octanol–water partition coefficient (Wildman–Crippen LogP) is 0.883. The van der Waals surface area contributed by atoms with Gasteiger partial charge in [-0.25, -0.2) is 0 Å². The first-order valence-corrected chi connectivity index (χ1v) is 5.19. The predicted molar refractivity (Wildman–Crippen MR) is 63.2 cm³/mol. The lowest BCUT2D eigenvalue weighted by atomic mass is 10.2. The van der Waals surface area contributed by atoms with Crippen LogP contribution in [0.5, 0.6) is 11.5 Å². The van der Waals surface area contributed by atoms with Gasteiger partial charge in [0.25, 0.3) is 0 Å². The van der Waals surface area contributed by atoms with Crippen LogP contribution >= 0.6 is 0 Å². The number of hydrogen-bond acceptors (Lipinski definition) is 5. The molecule has 0 aromatic heterocycles. The molecule has 0 bridgehead atoms. The largest absolute Gasteiger partial charge is 0.493 e. The molecule has 5 heteroatoms. The Bertz CT molecular complexity index is 392. The Balaban J connectivity index is 2.66. The van der Waals surface area contributed by atoms with E-state index in [0.717, 1.165) is 5.56 Å². The van der Waals surface area contributed by atoms with Crippen molar-refractivity contribution in [3.8, 4) is 11.5 Å². The number of hydrogen-bond donors (Lipinski definition) is 1. The standard InChI is InChI=1S/C12H17NO4/c1-8-4-5-10(11(6-8)15-2)17-7-9(13)12(14)16-3/h4-6,9H,7,13H2,1-3H3. The molecular formula is C12H17NO4. The SMILES string of the molecule is COC(=O)C(N)COc1ccc(C)cc1OC. The van der Waals surface area contributed by atoms with Gasteiger partial charge < -0.3 is 19.9 Å². The van der Waals surface area contributed by atoms with Crippen LogP contribution < -0.4 is 15.2 Å². The van der Waals surface area contributed by atoms with Crippen LogP contribution in [0.2, 0.25) is 0 Å². The molecule has 0 saturated heterocycles. The van der Waals surface area contributed by atoms with Crippen molar-refractivity contribution in [3.63, 3.8) is 0 Å². The molecule has 1 aromatic rings. The summed E-state index contributed by atoms with van der Waals surface area (Å²) in [7, 11) is 2.84. The Morgan fingerprint density at radius 2 is 2.06 bits per heavy atom. The summed E-state index contributed by atoms with van der Waals surface area (Å²) in [5.74, 6) is 0.663. The second-order valence-electron chi connectivity index (χ2n) is 3.59.